The number of benzene rings is 1. The van der Waals surface area contributed by atoms with Crippen molar-refractivity contribution in [2.75, 3.05) is 19.7 Å². The van der Waals surface area contributed by atoms with Crippen molar-refractivity contribution < 1.29 is 22.7 Å². The second kappa shape index (κ2) is 7.72. The number of hydrogen-bond donors (Lipinski definition) is 0. The Balaban J connectivity index is 1.99. The van der Waals surface area contributed by atoms with Crippen molar-refractivity contribution in [1.29, 1.82) is 0 Å². The first kappa shape index (κ1) is 21.8. The van der Waals surface area contributed by atoms with Gasteiger partial charge in [-0.25, -0.2) is 18.1 Å². The summed E-state index contributed by atoms with van der Waals surface area (Å²) in [6, 6.07) is 3.55. The van der Waals surface area contributed by atoms with E-state index in [2.05, 4.69) is 13.8 Å². The molecule has 1 aromatic rings. The Morgan fingerprint density at radius 1 is 0.931 bits per heavy atom. The van der Waals surface area contributed by atoms with E-state index in [1.165, 1.54) is 4.31 Å². The number of sulfonamides is 1. The molecular formula is C21H30N2O5S. The van der Waals surface area contributed by atoms with Gasteiger partial charge in [-0.05, 0) is 34.4 Å². The number of imide groups is 1. The molecule has 0 radical (unpaired) electrons. The summed E-state index contributed by atoms with van der Waals surface area (Å²) in [5.41, 5.74) is 2.77. The van der Waals surface area contributed by atoms with Crippen molar-refractivity contribution in [3.05, 3.63) is 28.8 Å². The molecular weight excluding hydrogens is 392 g/mol. The summed E-state index contributed by atoms with van der Waals surface area (Å²) < 4.78 is 33.3. The van der Waals surface area contributed by atoms with Crippen molar-refractivity contribution in [3.8, 4) is 0 Å². The predicted octanol–water partition coefficient (Wildman–Crippen LogP) is 3.41. The number of ether oxygens (including phenoxy) is 1. The van der Waals surface area contributed by atoms with Gasteiger partial charge in [-0.15, -0.1) is 0 Å². The molecule has 0 bridgehead atoms. The van der Waals surface area contributed by atoms with Crippen LogP contribution in [-0.2, 0) is 19.6 Å². The van der Waals surface area contributed by atoms with Crippen molar-refractivity contribution in [2.45, 2.75) is 70.2 Å². The second-order valence-electron chi connectivity index (χ2n) is 8.79. The fraction of sp³-hybridized carbons (Fsp3) is 0.619. The Morgan fingerprint density at radius 3 is 1.83 bits per heavy atom. The fourth-order valence-electron chi connectivity index (χ4n) is 3.81. The maximum Gasteiger partial charge on any atom is 0.417 e. The van der Waals surface area contributed by atoms with Gasteiger partial charge in [-0.1, -0.05) is 53.7 Å². The van der Waals surface area contributed by atoms with Gasteiger partial charge >= 0.3 is 6.09 Å². The molecule has 8 heteroatoms. The summed E-state index contributed by atoms with van der Waals surface area (Å²) in [5, 5.41) is 0. The molecule has 2 aliphatic heterocycles. The smallest absolute Gasteiger partial charge is 0.417 e. The van der Waals surface area contributed by atoms with Crippen LogP contribution in [0.25, 0.3) is 0 Å². The minimum Gasteiger partial charge on any atom is -0.439 e. The van der Waals surface area contributed by atoms with E-state index in [4.69, 9.17) is 4.74 Å². The summed E-state index contributed by atoms with van der Waals surface area (Å²) in [6.07, 6.45) is -0.691. The third kappa shape index (κ3) is 3.80. The largest absolute Gasteiger partial charge is 0.439 e. The number of cyclic esters (lactones) is 1. The van der Waals surface area contributed by atoms with E-state index in [-0.39, 0.29) is 31.5 Å². The van der Waals surface area contributed by atoms with Gasteiger partial charge in [-0.3, -0.25) is 4.79 Å². The molecule has 2 aliphatic rings. The van der Waals surface area contributed by atoms with Crippen molar-refractivity contribution in [2.24, 2.45) is 0 Å². The van der Waals surface area contributed by atoms with Gasteiger partial charge in [0.05, 0.1) is 10.9 Å². The predicted molar refractivity (Wildman–Crippen MR) is 109 cm³/mol. The fourth-order valence-corrected chi connectivity index (χ4v) is 5.99. The minimum atomic E-state index is -3.75. The number of hydrogen-bond acceptors (Lipinski definition) is 5. The van der Waals surface area contributed by atoms with Crippen molar-refractivity contribution in [3.63, 3.8) is 0 Å². The van der Waals surface area contributed by atoms with Crippen LogP contribution >= 0.6 is 0 Å². The zero-order valence-electron chi connectivity index (χ0n) is 17.9. The van der Waals surface area contributed by atoms with Crippen LogP contribution < -0.4 is 0 Å². The van der Waals surface area contributed by atoms with Crippen molar-refractivity contribution >= 4 is 22.0 Å². The average molecular weight is 423 g/mol. The molecule has 0 saturated carbocycles. The molecule has 3 rings (SSSR count). The Kier molecular flexibility index (Phi) is 5.80. The summed E-state index contributed by atoms with van der Waals surface area (Å²) in [5.74, 6) is -0.0298. The van der Waals surface area contributed by atoms with Gasteiger partial charge in [0.25, 0.3) is 5.91 Å². The molecule has 160 valence electrons. The SMILES string of the molecule is CC(C)c1cc(C(C)C)c(S(=O)(=O)N2CC(N3C(=O)COC3=O)C2)c(C(C)C)c1. The molecule has 29 heavy (non-hydrogen) atoms. The molecule has 0 spiro atoms. The monoisotopic (exact) mass is 422 g/mol. The van der Waals surface area contributed by atoms with Crippen LogP contribution in [0.5, 0.6) is 0 Å². The van der Waals surface area contributed by atoms with Gasteiger partial charge in [0.1, 0.15) is 0 Å². The number of carbonyl (C=O) groups excluding carboxylic acids is 2. The number of amides is 2. The first-order chi connectivity index (χ1) is 13.4. The molecule has 2 fully saturated rings. The lowest BCUT2D eigenvalue weighted by molar-refractivity contribution is -0.128. The van der Waals surface area contributed by atoms with Crippen LogP contribution in [0.1, 0.15) is 76.0 Å². The number of nitrogens with zero attached hydrogens (tertiary/aromatic N) is 2. The maximum absolute atomic E-state index is 13.6. The highest BCUT2D eigenvalue weighted by Gasteiger charge is 2.47. The Hall–Kier alpha value is -1.93. The second-order valence-corrected chi connectivity index (χ2v) is 10.7. The molecule has 0 aromatic heterocycles. The van der Waals surface area contributed by atoms with Crippen LogP contribution in [0.3, 0.4) is 0 Å². The van der Waals surface area contributed by atoms with Crippen LogP contribution in [0.15, 0.2) is 17.0 Å². The molecule has 0 aliphatic carbocycles. The van der Waals surface area contributed by atoms with E-state index < -0.39 is 28.1 Å². The van der Waals surface area contributed by atoms with E-state index >= 15 is 0 Å². The van der Waals surface area contributed by atoms with Gasteiger partial charge in [0.2, 0.25) is 10.0 Å². The molecule has 0 unspecified atom stereocenters. The minimum absolute atomic E-state index is 0.0446. The summed E-state index contributed by atoms with van der Waals surface area (Å²) in [7, 11) is -3.75. The lowest BCUT2D eigenvalue weighted by atomic mass is 9.89. The molecule has 2 amide bonds. The summed E-state index contributed by atoms with van der Waals surface area (Å²) in [4.78, 5) is 25.0. The lowest BCUT2D eigenvalue weighted by Gasteiger charge is -2.41. The highest BCUT2D eigenvalue weighted by molar-refractivity contribution is 7.89. The van der Waals surface area contributed by atoms with E-state index in [0.717, 1.165) is 21.6 Å². The van der Waals surface area contributed by atoms with Gasteiger partial charge in [0.15, 0.2) is 6.61 Å². The molecule has 0 atom stereocenters. The summed E-state index contributed by atoms with van der Waals surface area (Å²) >= 11 is 0. The molecule has 2 heterocycles. The highest BCUT2D eigenvalue weighted by Crippen LogP contribution is 2.38. The topological polar surface area (TPSA) is 84.0 Å². The normalized spacial score (nSPS) is 18.9. The Bertz CT molecular complexity index is 885. The van der Waals surface area contributed by atoms with Crippen molar-refractivity contribution in [1.82, 2.24) is 9.21 Å². The van der Waals surface area contributed by atoms with Gasteiger partial charge in [-0.2, -0.15) is 4.31 Å². The highest BCUT2D eigenvalue weighted by atomic mass is 32.2. The first-order valence-corrected chi connectivity index (χ1v) is 11.6. The van der Waals surface area contributed by atoms with E-state index in [0.29, 0.717) is 10.8 Å². The Morgan fingerprint density at radius 2 is 1.45 bits per heavy atom. The van der Waals surface area contributed by atoms with E-state index in [9.17, 15) is 18.0 Å². The third-order valence-electron chi connectivity index (χ3n) is 5.66. The first-order valence-electron chi connectivity index (χ1n) is 10.1. The molecule has 2 saturated heterocycles. The quantitative estimate of drug-likeness (QED) is 0.701. The van der Waals surface area contributed by atoms with Gasteiger partial charge in [0, 0.05) is 13.1 Å². The average Bonchev–Trinajstić information content (AvgIpc) is 2.91. The lowest BCUT2D eigenvalue weighted by Crippen LogP contribution is -2.62. The van der Waals surface area contributed by atoms with Crippen LogP contribution in [0.4, 0.5) is 4.79 Å². The molecule has 7 nitrogen and oxygen atoms in total. The zero-order chi connectivity index (χ0) is 21.7. The number of carbonyl (C=O) groups is 2. The summed E-state index contributed by atoms with van der Waals surface area (Å²) in [6.45, 7) is 12.1. The van der Waals surface area contributed by atoms with E-state index in [1.54, 1.807) is 0 Å². The Labute approximate surface area is 173 Å². The molecule has 0 N–H and O–H groups in total. The van der Waals surface area contributed by atoms with Crippen LogP contribution in [0.2, 0.25) is 0 Å². The van der Waals surface area contributed by atoms with E-state index in [1.807, 2.05) is 39.8 Å². The number of rotatable bonds is 6. The standard InChI is InChI=1S/C21H30N2O5S/c1-12(2)15-7-17(13(3)4)20(18(8-15)14(5)6)29(26,27)22-9-16(10-22)23-19(24)11-28-21(23)25/h7-8,12-14,16H,9-11H2,1-6H3. The van der Waals surface area contributed by atoms with Gasteiger partial charge < -0.3 is 4.74 Å². The maximum atomic E-state index is 13.6. The zero-order valence-corrected chi connectivity index (χ0v) is 18.7. The van der Waals surface area contributed by atoms with Crippen LogP contribution in [-0.4, -0.2) is 55.4 Å². The van der Waals surface area contributed by atoms with Crippen LogP contribution in [0, 0.1) is 0 Å². The third-order valence-corrected chi connectivity index (χ3v) is 7.62. The molecule has 1 aromatic carbocycles.